The average molecular weight is 564 g/mol. The van der Waals surface area contributed by atoms with E-state index < -0.39 is 30.2 Å². The number of fused-ring (bicyclic) bond motifs is 1. The van der Waals surface area contributed by atoms with Crippen LogP contribution < -0.4 is 10.6 Å². The Morgan fingerprint density at radius 3 is 1.03 bits per heavy atom. The first kappa shape index (κ1) is 25.7. The summed E-state index contributed by atoms with van der Waals surface area (Å²) >= 11 is 0. The van der Waals surface area contributed by atoms with Gasteiger partial charge in [-0.15, -0.1) is 0 Å². The summed E-state index contributed by atoms with van der Waals surface area (Å²) in [5, 5.41) is 5.21. The molecule has 4 nitrogen and oxygen atoms in total. The molecule has 0 spiro atoms. The van der Waals surface area contributed by atoms with Crippen LogP contribution in [0.2, 0.25) is 0 Å². The highest BCUT2D eigenvalue weighted by Crippen LogP contribution is 3.02. The van der Waals surface area contributed by atoms with E-state index in [1.807, 2.05) is 0 Å². The summed E-state index contributed by atoms with van der Waals surface area (Å²) in [7, 11) is -19.8. The number of para-hydroxylation sites is 2. The predicted octanol–water partition coefficient (Wildman–Crippen LogP) is 10.4. The Balaban J connectivity index is 1.70. The number of nitrogens with zero attached hydrogens (tertiary/aromatic N) is 2. The quantitative estimate of drug-likeness (QED) is 0.229. The van der Waals surface area contributed by atoms with Crippen molar-refractivity contribution >= 4 is 54.5 Å². The third kappa shape index (κ3) is 5.87. The summed E-state index contributed by atoms with van der Waals surface area (Å²) in [5.41, 5.74) is 0.435. The number of hydrogen-bond acceptors (Lipinski definition) is 4. The maximum atomic E-state index is 13.0. The third-order valence-electron chi connectivity index (χ3n) is 4.70. The fourth-order valence-corrected chi connectivity index (χ4v) is 4.34. The molecule has 0 aliphatic heterocycles. The van der Waals surface area contributed by atoms with Crippen molar-refractivity contribution in [3.05, 3.63) is 72.8 Å². The molecule has 3 aromatic carbocycles. The number of aromatic nitrogens is 2. The SMILES string of the molecule is FS(F)(F)(F)(F)c1ccc(Nc2nc3ccccc3nc2Nc2ccc(S(F)(F)(F)(F)F)cc2)cc1. The second-order valence-electron chi connectivity index (χ2n) is 7.65. The molecule has 36 heavy (non-hydrogen) atoms. The van der Waals surface area contributed by atoms with Gasteiger partial charge in [-0.25, -0.2) is 9.97 Å². The van der Waals surface area contributed by atoms with E-state index in [9.17, 15) is 38.9 Å². The molecule has 0 saturated heterocycles. The first-order valence-electron chi connectivity index (χ1n) is 9.57. The molecule has 196 valence electrons. The van der Waals surface area contributed by atoms with E-state index in [-0.39, 0.29) is 47.3 Å². The Kier molecular flexibility index (Phi) is 4.76. The van der Waals surface area contributed by atoms with Crippen molar-refractivity contribution in [3.8, 4) is 0 Å². The van der Waals surface area contributed by atoms with Gasteiger partial charge in [0, 0.05) is 11.4 Å². The Bertz CT molecular complexity index is 1360. The Labute approximate surface area is 196 Å². The zero-order valence-electron chi connectivity index (χ0n) is 17.4. The molecular weight excluding hydrogens is 550 g/mol. The van der Waals surface area contributed by atoms with E-state index in [0.717, 1.165) is 24.3 Å². The van der Waals surface area contributed by atoms with Gasteiger partial charge >= 0.3 is 20.4 Å². The number of nitrogens with one attached hydrogen (secondary N) is 2. The van der Waals surface area contributed by atoms with Gasteiger partial charge in [-0.1, -0.05) is 51.0 Å². The second kappa shape index (κ2) is 6.67. The van der Waals surface area contributed by atoms with Crippen molar-refractivity contribution < 1.29 is 38.9 Å². The highest BCUT2D eigenvalue weighted by atomic mass is 32.5. The molecule has 0 bridgehead atoms. The summed E-state index contributed by atoms with van der Waals surface area (Å²) in [6, 6.07) is 9.97. The molecule has 0 aliphatic rings. The van der Waals surface area contributed by atoms with Crippen LogP contribution in [0.25, 0.3) is 11.0 Å². The zero-order valence-corrected chi connectivity index (χ0v) is 19.1. The highest BCUT2D eigenvalue weighted by molar-refractivity contribution is 8.46. The largest absolute Gasteiger partial charge is 0.337 e. The molecule has 0 aliphatic carbocycles. The lowest BCUT2D eigenvalue weighted by atomic mass is 10.3. The predicted molar refractivity (Wildman–Crippen MR) is 122 cm³/mol. The van der Waals surface area contributed by atoms with Crippen LogP contribution in [-0.4, -0.2) is 9.97 Å². The number of rotatable bonds is 6. The normalized spacial score (nSPS) is 16.4. The van der Waals surface area contributed by atoms with Gasteiger partial charge in [0.1, 0.15) is 9.79 Å². The molecule has 0 fully saturated rings. The minimum absolute atomic E-state index is 0.0931. The van der Waals surface area contributed by atoms with Crippen molar-refractivity contribution in [3.63, 3.8) is 0 Å². The highest BCUT2D eigenvalue weighted by Gasteiger charge is 2.66. The second-order valence-corrected chi connectivity index (χ2v) is 12.5. The van der Waals surface area contributed by atoms with Gasteiger partial charge < -0.3 is 10.6 Å². The molecule has 1 aromatic heterocycles. The fourth-order valence-electron chi connectivity index (χ4n) is 3.04. The minimum atomic E-state index is -9.89. The molecule has 0 radical (unpaired) electrons. The van der Waals surface area contributed by atoms with Crippen LogP contribution in [0.4, 0.5) is 61.9 Å². The fraction of sp³-hybridized carbons (Fsp3) is 0. The Morgan fingerprint density at radius 1 is 0.444 bits per heavy atom. The lowest BCUT2D eigenvalue weighted by Crippen LogP contribution is -2.07. The van der Waals surface area contributed by atoms with Crippen molar-refractivity contribution in [2.45, 2.75) is 9.79 Å². The number of benzene rings is 3. The molecule has 16 heteroatoms. The summed E-state index contributed by atoms with van der Waals surface area (Å²) in [5.74, 6) is -0.267. The van der Waals surface area contributed by atoms with Gasteiger partial charge in [0.2, 0.25) is 0 Å². The van der Waals surface area contributed by atoms with Gasteiger partial charge in [-0.05, 0) is 60.7 Å². The summed E-state index contributed by atoms with van der Waals surface area (Å²) in [6.45, 7) is 0. The maximum Gasteiger partial charge on any atom is 0.310 e. The molecule has 4 aromatic rings. The first-order valence-corrected chi connectivity index (χ1v) is 13.5. The lowest BCUT2D eigenvalue weighted by Gasteiger charge is -2.40. The molecule has 1 heterocycles. The number of halogens is 10. The van der Waals surface area contributed by atoms with Crippen LogP contribution in [0.3, 0.4) is 0 Å². The van der Waals surface area contributed by atoms with Crippen molar-refractivity contribution in [2.24, 2.45) is 0 Å². The first-order chi connectivity index (χ1) is 16.1. The van der Waals surface area contributed by atoms with Gasteiger partial charge in [0.15, 0.2) is 11.6 Å². The average Bonchev–Trinajstić information content (AvgIpc) is 2.71. The molecule has 0 saturated carbocycles. The molecule has 4 rings (SSSR count). The molecule has 0 unspecified atom stereocenters. The number of hydrogen-bond donors (Lipinski definition) is 2. The van der Waals surface area contributed by atoms with Crippen LogP contribution in [0.5, 0.6) is 0 Å². The van der Waals surface area contributed by atoms with Crippen LogP contribution >= 0.6 is 20.4 Å². The number of anilines is 4. The van der Waals surface area contributed by atoms with Gasteiger partial charge in [0.25, 0.3) is 0 Å². The van der Waals surface area contributed by atoms with E-state index in [4.69, 9.17) is 0 Å². The lowest BCUT2D eigenvalue weighted by molar-refractivity contribution is 0.360. The third-order valence-corrected chi connectivity index (χ3v) is 7.02. The van der Waals surface area contributed by atoms with Crippen LogP contribution in [0.15, 0.2) is 82.6 Å². The van der Waals surface area contributed by atoms with Gasteiger partial charge in [-0.2, -0.15) is 0 Å². The Morgan fingerprint density at radius 2 is 0.750 bits per heavy atom. The molecule has 2 N–H and O–H groups in total. The molecule has 0 atom stereocenters. The molecule has 0 amide bonds. The summed E-state index contributed by atoms with van der Waals surface area (Å²) in [4.78, 5) is 4.29. The summed E-state index contributed by atoms with van der Waals surface area (Å²) < 4.78 is 130. The van der Waals surface area contributed by atoms with Crippen molar-refractivity contribution in [1.82, 2.24) is 9.97 Å². The van der Waals surface area contributed by atoms with Crippen molar-refractivity contribution in [1.29, 1.82) is 0 Å². The zero-order chi connectivity index (χ0) is 26.7. The minimum Gasteiger partial charge on any atom is -0.337 e. The van der Waals surface area contributed by atoms with E-state index in [1.165, 1.54) is 12.1 Å². The standard InChI is InChI=1S/C20H14F10N4S2/c21-35(22,23,24,25)15-9-5-13(6-10-15)31-19-20(34-18-4-2-1-3-17(18)33-19)32-14-7-11-16(12-8-14)36(26,27,28,29)30/h1-12H,(H,31,33)(H,32,34). The van der Waals surface area contributed by atoms with E-state index in [0.29, 0.717) is 11.0 Å². The monoisotopic (exact) mass is 564 g/mol. The van der Waals surface area contributed by atoms with Gasteiger partial charge in [-0.3, -0.25) is 0 Å². The van der Waals surface area contributed by atoms with Crippen LogP contribution in [0.1, 0.15) is 0 Å². The Hall–Kier alpha value is -3.40. The van der Waals surface area contributed by atoms with Crippen molar-refractivity contribution in [2.75, 3.05) is 10.6 Å². The van der Waals surface area contributed by atoms with Crippen LogP contribution in [-0.2, 0) is 0 Å². The molecular formula is C20H14F10N4S2. The van der Waals surface area contributed by atoms with E-state index in [1.54, 1.807) is 12.1 Å². The van der Waals surface area contributed by atoms with Gasteiger partial charge in [0.05, 0.1) is 11.0 Å². The van der Waals surface area contributed by atoms with E-state index >= 15 is 0 Å². The van der Waals surface area contributed by atoms with Crippen LogP contribution in [0, 0.1) is 0 Å². The van der Waals surface area contributed by atoms with E-state index in [2.05, 4.69) is 20.6 Å². The maximum absolute atomic E-state index is 13.0. The summed E-state index contributed by atoms with van der Waals surface area (Å²) in [6.07, 6.45) is 0. The smallest absolute Gasteiger partial charge is 0.310 e. The topological polar surface area (TPSA) is 49.8 Å².